The number of piperidine rings is 1. The van der Waals surface area contributed by atoms with E-state index >= 15 is 0 Å². The van der Waals surface area contributed by atoms with Crippen molar-refractivity contribution in [3.05, 3.63) is 29.8 Å². The number of rotatable bonds is 3. The van der Waals surface area contributed by atoms with Crippen molar-refractivity contribution in [2.75, 3.05) is 13.1 Å². The van der Waals surface area contributed by atoms with Gasteiger partial charge in [0.2, 0.25) is 5.91 Å². The van der Waals surface area contributed by atoms with Crippen LogP contribution in [0.15, 0.2) is 24.3 Å². The third kappa shape index (κ3) is 2.99. The van der Waals surface area contributed by atoms with Crippen LogP contribution in [0.3, 0.4) is 0 Å². The largest absolute Gasteiger partial charge is 0.486 e. The maximum absolute atomic E-state index is 12.5. The van der Waals surface area contributed by atoms with Gasteiger partial charge in [0.1, 0.15) is 11.4 Å². The maximum atomic E-state index is 12.5. The van der Waals surface area contributed by atoms with Gasteiger partial charge in [-0.15, -0.1) is 0 Å². The van der Waals surface area contributed by atoms with E-state index in [-0.39, 0.29) is 17.6 Å². The summed E-state index contributed by atoms with van der Waals surface area (Å²) in [5.74, 6) is 1.24. The Labute approximate surface area is 137 Å². The fraction of sp³-hybridized carbons (Fsp3) is 0.579. The molecule has 0 aliphatic carbocycles. The first-order valence-electron chi connectivity index (χ1n) is 8.68. The Morgan fingerprint density at radius 3 is 2.52 bits per heavy atom. The van der Waals surface area contributed by atoms with E-state index in [0.29, 0.717) is 30.8 Å². The lowest BCUT2D eigenvalue weighted by atomic mass is 9.82. The number of nitrogens with zero attached hydrogens (tertiary/aromatic N) is 1. The van der Waals surface area contributed by atoms with E-state index < -0.39 is 5.60 Å². The van der Waals surface area contributed by atoms with Gasteiger partial charge in [0, 0.05) is 31.8 Å². The number of para-hydroxylation sites is 1. The molecule has 0 atom stereocenters. The van der Waals surface area contributed by atoms with Gasteiger partial charge < -0.3 is 9.64 Å². The van der Waals surface area contributed by atoms with E-state index in [1.165, 1.54) is 0 Å². The highest BCUT2D eigenvalue weighted by Crippen LogP contribution is 2.39. The molecule has 1 aromatic rings. The number of carbonyl (C=O) groups is 2. The van der Waals surface area contributed by atoms with Crippen molar-refractivity contribution in [1.82, 2.24) is 4.90 Å². The zero-order valence-electron chi connectivity index (χ0n) is 14.0. The van der Waals surface area contributed by atoms with E-state index in [9.17, 15) is 9.59 Å². The van der Waals surface area contributed by atoms with E-state index in [2.05, 4.69) is 13.8 Å². The monoisotopic (exact) mass is 315 g/mol. The average Bonchev–Trinajstić information content (AvgIpc) is 2.56. The molecule has 0 bridgehead atoms. The topological polar surface area (TPSA) is 46.6 Å². The van der Waals surface area contributed by atoms with E-state index in [1.54, 1.807) is 0 Å². The summed E-state index contributed by atoms with van der Waals surface area (Å²) < 4.78 is 6.21. The fourth-order valence-corrected chi connectivity index (χ4v) is 3.75. The minimum atomic E-state index is -0.420. The second-order valence-electron chi connectivity index (χ2n) is 6.72. The molecule has 1 spiro atoms. The predicted molar refractivity (Wildman–Crippen MR) is 88.6 cm³/mol. The van der Waals surface area contributed by atoms with E-state index in [0.717, 1.165) is 25.7 Å². The molecule has 2 heterocycles. The molecule has 1 aromatic carbocycles. The lowest BCUT2D eigenvalue weighted by Crippen LogP contribution is -2.53. The van der Waals surface area contributed by atoms with Gasteiger partial charge in [-0.3, -0.25) is 9.59 Å². The van der Waals surface area contributed by atoms with E-state index in [1.807, 2.05) is 29.2 Å². The first-order valence-corrected chi connectivity index (χ1v) is 8.68. The molecular formula is C19H25NO3. The highest BCUT2D eigenvalue weighted by Gasteiger charge is 2.43. The van der Waals surface area contributed by atoms with Gasteiger partial charge >= 0.3 is 0 Å². The molecule has 0 saturated carbocycles. The predicted octanol–water partition coefficient (Wildman–Crippen LogP) is 3.45. The maximum Gasteiger partial charge on any atom is 0.225 e. The molecule has 0 N–H and O–H groups in total. The van der Waals surface area contributed by atoms with E-state index in [4.69, 9.17) is 4.74 Å². The van der Waals surface area contributed by atoms with Crippen molar-refractivity contribution < 1.29 is 14.3 Å². The average molecular weight is 315 g/mol. The normalized spacial score (nSPS) is 19.6. The van der Waals surface area contributed by atoms with Crippen LogP contribution in [0.2, 0.25) is 0 Å². The number of benzene rings is 1. The Bertz CT molecular complexity index is 598. The van der Waals surface area contributed by atoms with Gasteiger partial charge in [0.25, 0.3) is 0 Å². The summed E-state index contributed by atoms with van der Waals surface area (Å²) in [6, 6.07) is 7.47. The molecule has 0 radical (unpaired) electrons. The minimum absolute atomic E-state index is 0.124. The Kier molecular flexibility index (Phi) is 4.42. The van der Waals surface area contributed by atoms with Crippen LogP contribution in [0.1, 0.15) is 56.3 Å². The van der Waals surface area contributed by atoms with Gasteiger partial charge in [-0.05, 0) is 25.0 Å². The lowest BCUT2D eigenvalue weighted by Gasteiger charge is -2.44. The first-order chi connectivity index (χ1) is 11.1. The summed E-state index contributed by atoms with van der Waals surface area (Å²) in [6.45, 7) is 5.50. The van der Waals surface area contributed by atoms with Gasteiger partial charge in [0.15, 0.2) is 5.78 Å². The molecule has 0 unspecified atom stereocenters. The quantitative estimate of drug-likeness (QED) is 0.858. The van der Waals surface area contributed by atoms with Gasteiger partial charge in [0.05, 0.1) is 12.0 Å². The number of ketones is 1. The second-order valence-corrected chi connectivity index (χ2v) is 6.72. The summed E-state index contributed by atoms with van der Waals surface area (Å²) in [5, 5.41) is 0. The SMILES string of the molecule is CCC(CC)C(=O)N1CCC2(CC1)CC(=O)c1ccccc1O2. The smallest absolute Gasteiger partial charge is 0.225 e. The van der Waals surface area contributed by atoms with Gasteiger partial charge in [-0.1, -0.05) is 26.0 Å². The van der Waals surface area contributed by atoms with Gasteiger partial charge in [-0.25, -0.2) is 0 Å². The molecule has 124 valence electrons. The molecule has 4 heteroatoms. The Morgan fingerprint density at radius 2 is 1.87 bits per heavy atom. The van der Waals surface area contributed by atoms with Crippen LogP contribution in [0.5, 0.6) is 5.75 Å². The molecule has 2 aliphatic rings. The first kappa shape index (κ1) is 16.0. The van der Waals surface area contributed by atoms with Crippen molar-refractivity contribution in [3.8, 4) is 5.75 Å². The van der Waals surface area contributed by atoms with Crippen molar-refractivity contribution >= 4 is 11.7 Å². The summed E-state index contributed by atoms with van der Waals surface area (Å²) in [6.07, 6.45) is 3.67. The Morgan fingerprint density at radius 1 is 1.22 bits per heavy atom. The van der Waals surface area contributed by atoms with Crippen LogP contribution in [0, 0.1) is 5.92 Å². The van der Waals surface area contributed by atoms with Crippen LogP contribution in [0.4, 0.5) is 0 Å². The zero-order chi connectivity index (χ0) is 16.4. The molecule has 3 rings (SSSR count). The van der Waals surface area contributed by atoms with Crippen LogP contribution < -0.4 is 4.74 Å². The van der Waals surface area contributed by atoms with Crippen molar-refractivity contribution in [1.29, 1.82) is 0 Å². The van der Waals surface area contributed by atoms with Crippen molar-refractivity contribution in [2.24, 2.45) is 5.92 Å². The third-order valence-corrected chi connectivity index (χ3v) is 5.32. The molecule has 2 aliphatic heterocycles. The second kappa shape index (κ2) is 6.34. The summed E-state index contributed by atoms with van der Waals surface area (Å²) in [5.41, 5.74) is 0.268. The molecule has 0 aromatic heterocycles. The highest BCUT2D eigenvalue weighted by atomic mass is 16.5. The number of ether oxygens (including phenoxy) is 1. The summed E-state index contributed by atoms with van der Waals surface area (Å²) >= 11 is 0. The van der Waals surface area contributed by atoms with Crippen LogP contribution in [-0.2, 0) is 4.79 Å². The fourth-order valence-electron chi connectivity index (χ4n) is 3.75. The standard InChI is InChI=1S/C19H25NO3/c1-3-14(4-2)18(22)20-11-9-19(10-12-20)13-16(21)15-7-5-6-8-17(15)23-19/h5-8,14H,3-4,9-13H2,1-2H3. The number of hydrogen-bond acceptors (Lipinski definition) is 3. The molecule has 1 amide bonds. The number of carbonyl (C=O) groups excluding carboxylic acids is 2. The number of fused-ring (bicyclic) bond motifs is 1. The minimum Gasteiger partial charge on any atom is -0.486 e. The number of amides is 1. The molecule has 23 heavy (non-hydrogen) atoms. The summed E-state index contributed by atoms with van der Waals surface area (Å²) in [7, 11) is 0. The zero-order valence-corrected chi connectivity index (χ0v) is 14.0. The molecule has 1 saturated heterocycles. The summed E-state index contributed by atoms with van der Waals surface area (Å²) in [4.78, 5) is 26.9. The highest BCUT2D eigenvalue weighted by molar-refractivity contribution is 6.00. The lowest BCUT2D eigenvalue weighted by molar-refractivity contribution is -0.139. The van der Waals surface area contributed by atoms with Crippen LogP contribution in [0.25, 0.3) is 0 Å². The number of Topliss-reactive ketones (excluding diaryl/α,β-unsaturated/α-hetero) is 1. The Balaban J connectivity index is 1.70. The number of hydrogen-bond donors (Lipinski definition) is 0. The van der Waals surface area contributed by atoms with Crippen molar-refractivity contribution in [2.45, 2.75) is 51.6 Å². The molecule has 1 fully saturated rings. The van der Waals surface area contributed by atoms with Crippen LogP contribution in [-0.4, -0.2) is 35.3 Å². The molecular weight excluding hydrogens is 290 g/mol. The number of likely N-dealkylation sites (tertiary alicyclic amines) is 1. The van der Waals surface area contributed by atoms with Crippen LogP contribution >= 0.6 is 0 Å². The van der Waals surface area contributed by atoms with Crippen molar-refractivity contribution in [3.63, 3.8) is 0 Å². The Hall–Kier alpha value is -1.84. The van der Waals surface area contributed by atoms with Gasteiger partial charge in [-0.2, -0.15) is 0 Å². The third-order valence-electron chi connectivity index (χ3n) is 5.32. The molecule has 4 nitrogen and oxygen atoms in total.